The van der Waals surface area contributed by atoms with Crippen molar-refractivity contribution in [1.29, 1.82) is 0 Å². The molecule has 0 aliphatic carbocycles. The molecule has 0 bridgehead atoms. The minimum absolute atomic E-state index is 0.0817. The molecule has 1 amide bonds. The van der Waals surface area contributed by atoms with E-state index in [0.717, 1.165) is 43.0 Å². The molecule has 33 heavy (non-hydrogen) atoms. The molecule has 6 nitrogen and oxygen atoms in total. The summed E-state index contributed by atoms with van der Waals surface area (Å²) in [6, 6.07) is 19.4. The van der Waals surface area contributed by atoms with Crippen molar-refractivity contribution >= 4 is 39.2 Å². The van der Waals surface area contributed by atoms with Crippen LogP contribution in [-0.2, 0) is 4.79 Å². The molecule has 0 atom stereocenters. The van der Waals surface area contributed by atoms with Crippen LogP contribution in [0.4, 0.5) is 0 Å². The van der Waals surface area contributed by atoms with Crippen molar-refractivity contribution < 1.29 is 4.79 Å². The van der Waals surface area contributed by atoms with Crippen molar-refractivity contribution in [1.82, 2.24) is 19.4 Å². The Hall–Kier alpha value is -2.94. The maximum absolute atomic E-state index is 13.8. The normalized spacial score (nSPS) is 14.6. The van der Waals surface area contributed by atoms with Gasteiger partial charge in [0.2, 0.25) is 5.91 Å². The van der Waals surface area contributed by atoms with Gasteiger partial charge in [-0.05, 0) is 24.7 Å². The Morgan fingerprint density at radius 2 is 1.67 bits per heavy atom. The van der Waals surface area contributed by atoms with Crippen molar-refractivity contribution in [3.05, 3.63) is 76.4 Å². The standard InChI is InChI=1S/C25H24N4O2S2/c1-27-12-14-28(15-13-27)21(30)17-33-25-26-23-22(20(16-32-23)18-8-4-2-5-9-18)24(31)29(25)19-10-6-3-7-11-19/h2-11,16H,12-15,17H2,1H3. The minimum Gasteiger partial charge on any atom is -0.339 e. The Morgan fingerprint density at radius 3 is 2.36 bits per heavy atom. The summed E-state index contributed by atoms with van der Waals surface area (Å²) < 4.78 is 1.64. The van der Waals surface area contributed by atoms with Gasteiger partial charge in [0.05, 0.1) is 16.8 Å². The summed E-state index contributed by atoms with van der Waals surface area (Å²) in [7, 11) is 2.07. The molecule has 0 spiro atoms. The van der Waals surface area contributed by atoms with E-state index in [-0.39, 0.29) is 17.2 Å². The van der Waals surface area contributed by atoms with E-state index < -0.39 is 0 Å². The van der Waals surface area contributed by atoms with E-state index in [4.69, 9.17) is 4.98 Å². The first-order valence-electron chi connectivity index (χ1n) is 10.9. The van der Waals surface area contributed by atoms with E-state index in [2.05, 4.69) is 11.9 Å². The summed E-state index contributed by atoms with van der Waals surface area (Å²) in [5, 5.41) is 3.15. The van der Waals surface area contributed by atoms with Gasteiger partial charge in [-0.2, -0.15) is 0 Å². The molecular formula is C25H24N4O2S2. The van der Waals surface area contributed by atoms with Gasteiger partial charge in [0, 0.05) is 37.1 Å². The Morgan fingerprint density at radius 1 is 1.00 bits per heavy atom. The highest BCUT2D eigenvalue weighted by Gasteiger charge is 2.22. The molecule has 0 radical (unpaired) electrons. The van der Waals surface area contributed by atoms with E-state index in [1.165, 1.54) is 23.1 Å². The molecule has 0 saturated carbocycles. The van der Waals surface area contributed by atoms with Gasteiger partial charge in [0.25, 0.3) is 5.56 Å². The quantitative estimate of drug-likeness (QED) is 0.322. The van der Waals surface area contributed by atoms with Crippen LogP contribution in [0.3, 0.4) is 0 Å². The molecule has 1 fully saturated rings. The van der Waals surface area contributed by atoms with Gasteiger partial charge in [-0.1, -0.05) is 60.3 Å². The third kappa shape index (κ3) is 4.46. The highest BCUT2D eigenvalue weighted by Crippen LogP contribution is 2.33. The predicted octanol–water partition coefficient (Wildman–Crippen LogP) is 3.98. The van der Waals surface area contributed by atoms with Crippen LogP contribution < -0.4 is 5.56 Å². The molecule has 2 aromatic carbocycles. The number of likely N-dealkylation sites (N-methyl/N-ethyl adjacent to an activating group) is 1. The lowest BCUT2D eigenvalue weighted by Crippen LogP contribution is -2.47. The number of hydrogen-bond acceptors (Lipinski definition) is 6. The van der Waals surface area contributed by atoms with Crippen molar-refractivity contribution in [2.24, 2.45) is 0 Å². The maximum Gasteiger partial charge on any atom is 0.268 e. The molecule has 4 aromatic rings. The van der Waals surface area contributed by atoms with Gasteiger partial charge >= 0.3 is 0 Å². The fraction of sp³-hybridized carbons (Fsp3) is 0.240. The summed E-state index contributed by atoms with van der Waals surface area (Å²) >= 11 is 2.80. The number of thiophene rings is 1. The van der Waals surface area contributed by atoms with Gasteiger partial charge in [0.15, 0.2) is 5.16 Å². The Balaban J connectivity index is 1.54. The smallest absolute Gasteiger partial charge is 0.268 e. The summed E-state index contributed by atoms with van der Waals surface area (Å²) in [6.07, 6.45) is 0. The zero-order chi connectivity index (χ0) is 22.8. The molecule has 3 heterocycles. The number of benzene rings is 2. The number of carbonyl (C=O) groups excluding carboxylic acids is 1. The Labute approximate surface area is 200 Å². The molecule has 1 saturated heterocycles. The van der Waals surface area contributed by atoms with Gasteiger partial charge in [-0.25, -0.2) is 4.98 Å². The lowest BCUT2D eigenvalue weighted by Gasteiger charge is -2.32. The van der Waals surface area contributed by atoms with E-state index in [0.29, 0.717) is 15.4 Å². The summed E-state index contributed by atoms with van der Waals surface area (Å²) in [5.41, 5.74) is 2.52. The van der Waals surface area contributed by atoms with Crippen LogP contribution in [0, 0.1) is 0 Å². The first-order valence-corrected chi connectivity index (χ1v) is 12.7. The third-order valence-corrected chi connectivity index (χ3v) is 7.65. The second-order valence-electron chi connectivity index (χ2n) is 8.04. The van der Waals surface area contributed by atoms with Gasteiger partial charge in [-0.15, -0.1) is 11.3 Å². The number of para-hydroxylation sites is 1. The van der Waals surface area contributed by atoms with Crippen LogP contribution in [0.1, 0.15) is 0 Å². The number of aromatic nitrogens is 2. The van der Waals surface area contributed by atoms with Crippen LogP contribution in [0.25, 0.3) is 27.0 Å². The largest absolute Gasteiger partial charge is 0.339 e. The summed E-state index contributed by atoms with van der Waals surface area (Å²) in [4.78, 5) is 36.3. The zero-order valence-electron chi connectivity index (χ0n) is 18.3. The molecule has 8 heteroatoms. The van der Waals surface area contributed by atoms with Crippen LogP contribution in [-0.4, -0.2) is 64.2 Å². The fourth-order valence-corrected chi connectivity index (χ4v) is 5.88. The molecule has 2 aromatic heterocycles. The first kappa shape index (κ1) is 21.9. The Kier molecular flexibility index (Phi) is 6.30. The van der Waals surface area contributed by atoms with Crippen LogP contribution in [0.15, 0.2) is 76.0 Å². The number of piperazine rings is 1. The fourth-order valence-electron chi connectivity index (χ4n) is 3.98. The number of carbonyl (C=O) groups is 1. The maximum atomic E-state index is 13.8. The number of fused-ring (bicyclic) bond motifs is 1. The Bertz CT molecular complexity index is 1330. The first-order chi connectivity index (χ1) is 16.1. The van der Waals surface area contributed by atoms with Gasteiger partial charge < -0.3 is 9.80 Å². The highest BCUT2D eigenvalue weighted by atomic mass is 32.2. The van der Waals surface area contributed by atoms with Crippen LogP contribution >= 0.6 is 23.1 Å². The lowest BCUT2D eigenvalue weighted by atomic mass is 10.1. The topological polar surface area (TPSA) is 58.4 Å². The second kappa shape index (κ2) is 9.51. The molecule has 1 aliphatic rings. The monoisotopic (exact) mass is 476 g/mol. The number of rotatable bonds is 5. The van der Waals surface area contributed by atoms with Crippen molar-refractivity contribution in [2.75, 3.05) is 39.0 Å². The summed E-state index contributed by atoms with van der Waals surface area (Å²) in [5.74, 6) is 0.337. The molecule has 1 aliphatic heterocycles. The predicted molar refractivity (Wildman–Crippen MR) is 135 cm³/mol. The highest BCUT2D eigenvalue weighted by molar-refractivity contribution is 7.99. The average molecular weight is 477 g/mol. The van der Waals surface area contributed by atoms with Gasteiger partial charge in [0.1, 0.15) is 4.83 Å². The second-order valence-corrected chi connectivity index (χ2v) is 9.84. The number of hydrogen-bond donors (Lipinski definition) is 0. The molecule has 0 N–H and O–H groups in total. The van der Waals surface area contributed by atoms with Gasteiger partial charge in [-0.3, -0.25) is 14.2 Å². The molecule has 5 rings (SSSR count). The SMILES string of the molecule is CN1CCN(C(=O)CSc2nc3scc(-c4ccccc4)c3c(=O)n2-c2ccccc2)CC1. The average Bonchev–Trinajstić information content (AvgIpc) is 3.28. The van der Waals surface area contributed by atoms with Crippen molar-refractivity contribution in [3.63, 3.8) is 0 Å². The van der Waals surface area contributed by atoms with Crippen molar-refractivity contribution in [2.45, 2.75) is 5.16 Å². The van der Waals surface area contributed by atoms with E-state index in [1.54, 1.807) is 4.57 Å². The lowest BCUT2D eigenvalue weighted by molar-refractivity contribution is -0.129. The zero-order valence-corrected chi connectivity index (χ0v) is 19.9. The number of thioether (sulfide) groups is 1. The van der Waals surface area contributed by atoms with E-state index >= 15 is 0 Å². The van der Waals surface area contributed by atoms with E-state index in [1.807, 2.05) is 70.9 Å². The molecular weight excluding hydrogens is 452 g/mol. The number of amides is 1. The van der Waals surface area contributed by atoms with E-state index in [9.17, 15) is 9.59 Å². The van der Waals surface area contributed by atoms with Crippen LogP contribution in [0.2, 0.25) is 0 Å². The molecule has 0 unspecified atom stereocenters. The minimum atomic E-state index is -0.110. The van der Waals surface area contributed by atoms with Crippen LogP contribution in [0.5, 0.6) is 0 Å². The summed E-state index contributed by atoms with van der Waals surface area (Å²) in [6.45, 7) is 3.23. The third-order valence-electron chi connectivity index (χ3n) is 5.86. The number of nitrogens with zero attached hydrogens (tertiary/aromatic N) is 4. The molecule has 168 valence electrons. The van der Waals surface area contributed by atoms with Crippen molar-refractivity contribution in [3.8, 4) is 16.8 Å².